The van der Waals surface area contributed by atoms with E-state index in [4.69, 9.17) is 0 Å². The van der Waals surface area contributed by atoms with E-state index in [2.05, 4.69) is 22.8 Å². The van der Waals surface area contributed by atoms with Crippen molar-refractivity contribution in [3.63, 3.8) is 0 Å². The molecule has 11 heavy (non-hydrogen) atoms. The Morgan fingerprint density at radius 3 is 2.91 bits per heavy atom. The first-order valence-corrected chi connectivity index (χ1v) is 3.97. The van der Waals surface area contributed by atoms with Crippen molar-refractivity contribution in [2.24, 2.45) is 0 Å². The first kappa shape index (κ1) is 8.49. The van der Waals surface area contributed by atoms with Crippen LogP contribution in [0.5, 0.6) is 0 Å². The molecule has 0 aromatic carbocycles. The van der Waals surface area contributed by atoms with E-state index in [9.17, 15) is 4.79 Å². The zero-order valence-corrected chi connectivity index (χ0v) is 6.84. The standard InChI is InChI=1S/C7H15N3O/c1-10(7-2-3-7)5-4-8-9-6-11/h6-8H,2-5H2,1H3,(H,9,11). The molecule has 0 saturated heterocycles. The third kappa shape index (κ3) is 3.34. The molecule has 0 heterocycles. The molecular formula is C7H15N3O. The maximum Gasteiger partial charge on any atom is 0.221 e. The number of carbonyl (C=O) groups is 1. The minimum absolute atomic E-state index is 0.650. The predicted molar refractivity (Wildman–Crippen MR) is 42.9 cm³/mol. The summed E-state index contributed by atoms with van der Waals surface area (Å²) in [6.45, 7) is 1.80. The first-order chi connectivity index (χ1) is 5.34. The summed E-state index contributed by atoms with van der Waals surface area (Å²) in [6.07, 6.45) is 3.31. The van der Waals surface area contributed by atoms with Crippen molar-refractivity contribution in [3.8, 4) is 0 Å². The number of nitrogens with zero attached hydrogens (tertiary/aromatic N) is 1. The summed E-state index contributed by atoms with van der Waals surface area (Å²) in [5.41, 5.74) is 5.19. The van der Waals surface area contributed by atoms with Crippen LogP contribution in [0.3, 0.4) is 0 Å². The fourth-order valence-corrected chi connectivity index (χ4v) is 1.04. The monoisotopic (exact) mass is 157 g/mol. The number of hydrazine groups is 1. The molecule has 1 rings (SSSR count). The Bertz CT molecular complexity index is 125. The van der Waals surface area contributed by atoms with Crippen molar-refractivity contribution < 1.29 is 4.79 Å². The minimum Gasteiger partial charge on any atom is -0.302 e. The zero-order valence-electron chi connectivity index (χ0n) is 6.84. The number of nitrogens with one attached hydrogen (secondary N) is 2. The van der Waals surface area contributed by atoms with Gasteiger partial charge >= 0.3 is 0 Å². The number of amides is 1. The van der Waals surface area contributed by atoms with Gasteiger partial charge in [-0.1, -0.05) is 0 Å². The van der Waals surface area contributed by atoms with E-state index in [-0.39, 0.29) is 0 Å². The molecule has 0 atom stereocenters. The van der Waals surface area contributed by atoms with Crippen LogP contribution in [-0.4, -0.2) is 37.5 Å². The average molecular weight is 157 g/mol. The van der Waals surface area contributed by atoms with Crippen LogP contribution in [0.1, 0.15) is 12.8 Å². The number of hydrogen-bond acceptors (Lipinski definition) is 3. The molecule has 4 heteroatoms. The summed E-state index contributed by atoms with van der Waals surface area (Å²) in [6, 6.07) is 0.799. The Morgan fingerprint density at radius 1 is 1.64 bits per heavy atom. The summed E-state index contributed by atoms with van der Waals surface area (Å²) in [4.78, 5) is 12.1. The van der Waals surface area contributed by atoms with Crippen LogP contribution in [0, 0.1) is 0 Å². The molecule has 2 N–H and O–H groups in total. The van der Waals surface area contributed by atoms with Crippen LogP contribution in [0.2, 0.25) is 0 Å². The SMILES string of the molecule is CN(CCNNC=O)C1CC1. The van der Waals surface area contributed by atoms with Gasteiger partial charge in [0.15, 0.2) is 0 Å². The molecule has 0 aromatic heterocycles. The lowest BCUT2D eigenvalue weighted by molar-refractivity contribution is -0.110. The highest BCUT2D eigenvalue weighted by Gasteiger charge is 2.25. The largest absolute Gasteiger partial charge is 0.302 e. The molecule has 0 spiro atoms. The Kier molecular flexibility index (Phi) is 3.32. The number of carbonyl (C=O) groups excluding carboxylic acids is 1. The predicted octanol–water partition coefficient (Wildman–Crippen LogP) is -0.669. The highest BCUT2D eigenvalue weighted by Crippen LogP contribution is 2.24. The second-order valence-electron chi connectivity index (χ2n) is 2.90. The lowest BCUT2D eigenvalue weighted by Crippen LogP contribution is -2.37. The number of rotatable bonds is 6. The molecule has 1 aliphatic rings. The fourth-order valence-electron chi connectivity index (χ4n) is 1.04. The molecule has 0 aromatic rings. The summed E-state index contributed by atoms with van der Waals surface area (Å²) < 4.78 is 0. The van der Waals surface area contributed by atoms with Gasteiger partial charge in [-0.05, 0) is 19.9 Å². The quantitative estimate of drug-likeness (QED) is 0.305. The van der Waals surface area contributed by atoms with Crippen LogP contribution in [0.25, 0.3) is 0 Å². The molecule has 1 aliphatic carbocycles. The van der Waals surface area contributed by atoms with E-state index < -0.39 is 0 Å². The van der Waals surface area contributed by atoms with Gasteiger partial charge in [-0.25, -0.2) is 5.43 Å². The molecule has 1 amide bonds. The molecule has 0 radical (unpaired) electrons. The van der Waals surface area contributed by atoms with Crippen LogP contribution in [0.15, 0.2) is 0 Å². The maximum absolute atomic E-state index is 9.81. The van der Waals surface area contributed by atoms with Crippen LogP contribution in [-0.2, 0) is 4.79 Å². The van der Waals surface area contributed by atoms with Gasteiger partial charge < -0.3 is 4.90 Å². The zero-order chi connectivity index (χ0) is 8.10. The van der Waals surface area contributed by atoms with Gasteiger partial charge in [0.2, 0.25) is 6.41 Å². The van der Waals surface area contributed by atoms with Gasteiger partial charge in [-0.2, -0.15) is 0 Å². The second kappa shape index (κ2) is 4.31. The molecule has 64 valence electrons. The van der Waals surface area contributed by atoms with Gasteiger partial charge in [-0.3, -0.25) is 10.2 Å². The lowest BCUT2D eigenvalue weighted by Gasteiger charge is -2.14. The van der Waals surface area contributed by atoms with Gasteiger partial charge in [0.1, 0.15) is 0 Å². The van der Waals surface area contributed by atoms with Crippen molar-refractivity contribution in [3.05, 3.63) is 0 Å². The summed E-state index contributed by atoms with van der Waals surface area (Å²) >= 11 is 0. The molecule has 0 unspecified atom stereocenters. The maximum atomic E-state index is 9.81. The fraction of sp³-hybridized carbons (Fsp3) is 0.857. The van der Waals surface area contributed by atoms with Gasteiger partial charge in [-0.15, -0.1) is 0 Å². The Labute approximate surface area is 66.9 Å². The Morgan fingerprint density at radius 2 is 2.36 bits per heavy atom. The van der Waals surface area contributed by atoms with E-state index in [0.717, 1.165) is 19.1 Å². The van der Waals surface area contributed by atoms with E-state index in [0.29, 0.717) is 6.41 Å². The Hall–Kier alpha value is -0.610. The molecule has 1 fully saturated rings. The van der Waals surface area contributed by atoms with Crippen molar-refractivity contribution in [1.82, 2.24) is 15.8 Å². The first-order valence-electron chi connectivity index (χ1n) is 3.97. The average Bonchev–Trinajstić information content (AvgIpc) is 2.79. The van der Waals surface area contributed by atoms with Crippen LogP contribution >= 0.6 is 0 Å². The molecule has 4 nitrogen and oxygen atoms in total. The van der Waals surface area contributed by atoms with Crippen molar-refractivity contribution in [2.45, 2.75) is 18.9 Å². The number of hydrogen-bond donors (Lipinski definition) is 2. The van der Waals surface area contributed by atoms with Crippen LogP contribution in [0.4, 0.5) is 0 Å². The number of likely N-dealkylation sites (N-methyl/N-ethyl adjacent to an activating group) is 1. The van der Waals surface area contributed by atoms with E-state index in [1.165, 1.54) is 12.8 Å². The second-order valence-corrected chi connectivity index (χ2v) is 2.90. The van der Waals surface area contributed by atoms with Crippen molar-refractivity contribution in [1.29, 1.82) is 0 Å². The summed E-state index contributed by atoms with van der Waals surface area (Å²) in [5.74, 6) is 0. The third-order valence-electron chi connectivity index (χ3n) is 1.92. The van der Waals surface area contributed by atoms with Gasteiger partial charge in [0, 0.05) is 19.1 Å². The smallest absolute Gasteiger partial charge is 0.221 e. The lowest BCUT2D eigenvalue weighted by atomic mass is 10.5. The topological polar surface area (TPSA) is 44.4 Å². The molecular weight excluding hydrogens is 142 g/mol. The summed E-state index contributed by atoms with van der Waals surface area (Å²) in [7, 11) is 2.11. The normalized spacial score (nSPS) is 16.9. The van der Waals surface area contributed by atoms with E-state index in [1.807, 2.05) is 0 Å². The highest BCUT2D eigenvalue weighted by molar-refractivity contribution is 5.44. The van der Waals surface area contributed by atoms with E-state index >= 15 is 0 Å². The van der Waals surface area contributed by atoms with E-state index in [1.54, 1.807) is 0 Å². The molecule has 0 aliphatic heterocycles. The Balaban J connectivity index is 1.88. The molecule has 1 saturated carbocycles. The van der Waals surface area contributed by atoms with Crippen LogP contribution < -0.4 is 10.9 Å². The highest BCUT2D eigenvalue weighted by atomic mass is 16.1. The van der Waals surface area contributed by atoms with Crippen molar-refractivity contribution >= 4 is 6.41 Å². The summed E-state index contributed by atoms with van der Waals surface area (Å²) in [5, 5.41) is 0. The third-order valence-corrected chi connectivity index (χ3v) is 1.92. The molecule has 0 bridgehead atoms. The minimum atomic E-state index is 0.650. The van der Waals surface area contributed by atoms with Gasteiger partial charge in [0.05, 0.1) is 0 Å². The van der Waals surface area contributed by atoms with Crippen molar-refractivity contribution in [2.75, 3.05) is 20.1 Å². The van der Waals surface area contributed by atoms with Gasteiger partial charge in [0.25, 0.3) is 0 Å².